The van der Waals surface area contributed by atoms with Crippen molar-refractivity contribution in [1.29, 1.82) is 0 Å². The molecule has 2 aromatic rings. The van der Waals surface area contributed by atoms with Crippen LogP contribution in [0.25, 0.3) is 0 Å². The average Bonchev–Trinajstić information content (AvgIpc) is 2.97. The molecule has 0 N–H and O–H groups in total. The molecule has 0 bridgehead atoms. The number of rotatable bonds is 4. The molecule has 0 spiro atoms. The molecule has 110 valence electrons. The molecular weight excluding hydrogens is 276 g/mol. The molecule has 21 heavy (non-hydrogen) atoms. The van der Waals surface area contributed by atoms with Gasteiger partial charge < -0.3 is 0 Å². The third-order valence-electron chi connectivity index (χ3n) is 4.43. The van der Waals surface area contributed by atoms with Gasteiger partial charge in [-0.2, -0.15) is 0 Å². The Morgan fingerprint density at radius 3 is 2.62 bits per heavy atom. The van der Waals surface area contributed by atoms with Crippen molar-refractivity contribution < 1.29 is 4.79 Å². The van der Waals surface area contributed by atoms with Crippen molar-refractivity contribution in [1.82, 2.24) is 0 Å². The molecule has 3 rings (SSSR count). The van der Waals surface area contributed by atoms with Gasteiger partial charge in [0.25, 0.3) is 0 Å². The number of thiophene rings is 1. The quantitative estimate of drug-likeness (QED) is 0.727. The van der Waals surface area contributed by atoms with Gasteiger partial charge in [0.2, 0.25) is 5.78 Å². The van der Waals surface area contributed by atoms with Crippen LogP contribution in [0.5, 0.6) is 0 Å². The Morgan fingerprint density at radius 1 is 1.10 bits per heavy atom. The molecule has 1 aliphatic carbocycles. The highest BCUT2D eigenvalue weighted by Gasteiger charge is 2.20. The fraction of sp³-hybridized carbons (Fsp3) is 0.421. The van der Waals surface area contributed by atoms with Crippen LogP contribution in [0, 0.1) is 0 Å². The second kappa shape index (κ2) is 6.15. The molecule has 0 amide bonds. The van der Waals surface area contributed by atoms with Gasteiger partial charge in [-0.05, 0) is 67.3 Å². The minimum atomic E-state index is 0.224. The number of fused-ring (bicyclic) bond motifs is 1. The van der Waals surface area contributed by atoms with Crippen LogP contribution in [0.3, 0.4) is 0 Å². The van der Waals surface area contributed by atoms with Gasteiger partial charge in [0.15, 0.2) is 0 Å². The molecule has 1 aromatic heterocycles. The Bertz CT molecular complexity index is 643. The van der Waals surface area contributed by atoms with E-state index >= 15 is 0 Å². The Morgan fingerprint density at radius 2 is 1.90 bits per heavy atom. The second-order valence-corrected chi connectivity index (χ2v) is 6.93. The summed E-state index contributed by atoms with van der Waals surface area (Å²) in [7, 11) is 0. The zero-order chi connectivity index (χ0) is 14.8. The first kappa shape index (κ1) is 14.5. The van der Waals surface area contributed by atoms with E-state index in [4.69, 9.17) is 0 Å². The Hall–Kier alpha value is -1.41. The molecule has 2 heteroatoms. The predicted molar refractivity (Wildman–Crippen MR) is 89.6 cm³/mol. The third kappa shape index (κ3) is 2.82. The monoisotopic (exact) mass is 298 g/mol. The summed E-state index contributed by atoms with van der Waals surface area (Å²) in [5, 5.41) is 0. The molecule has 0 aliphatic heterocycles. The van der Waals surface area contributed by atoms with Crippen molar-refractivity contribution in [2.24, 2.45) is 0 Å². The van der Waals surface area contributed by atoms with E-state index in [0.717, 1.165) is 36.1 Å². The van der Waals surface area contributed by atoms with Gasteiger partial charge in [0.1, 0.15) is 0 Å². The van der Waals surface area contributed by atoms with Crippen LogP contribution in [0.4, 0.5) is 0 Å². The summed E-state index contributed by atoms with van der Waals surface area (Å²) in [5.41, 5.74) is 4.75. The molecule has 1 aliphatic rings. The van der Waals surface area contributed by atoms with Crippen LogP contribution in [0.2, 0.25) is 0 Å². The lowest BCUT2D eigenvalue weighted by Crippen LogP contribution is -2.04. The zero-order valence-electron chi connectivity index (χ0n) is 12.9. The van der Waals surface area contributed by atoms with Gasteiger partial charge in [-0.1, -0.05) is 26.0 Å². The standard InChI is InChI=1S/C19H22OS/c1-3-13-9-10-14(4-2)16(11-13)19(20)18-12-15-7-5-6-8-17(15)21-18/h9-12H,3-8H2,1-2H3. The number of benzene rings is 1. The van der Waals surface area contributed by atoms with Crippen LogP contribution in [-0.4, -0.2) is 5.78 Å². The van der Waals surface area contributed by atoms with Crippen molar-refractivity contribution in [3.05, 3.63) is 56.3 Å². The van der Waals surface area contributed by atoms with E-state index in [1.165, 1.54) is 34.4 Å². The van der Waals surface area contributed by atoms with Gasteiger partial charge in [-0.25, -0.2) is 0 Å². The highest BCUT2D eigenvalue weighted by molar-refractivity contribution is 7.14. The molecule has 1 heterocycles. The van der Waals surface area contributed by atoms with Crippen molar-refractivity contribution >= 4 is 17.1 Å². The minimum Gasteiger partial charge on any atom is -0.288 e. The highest BCUT2D eigenvalue weighted by atomic mass is 32.1. The molecular formula is C19H22OS. The maximum Gasteiger partial charge on any atom is 0.203 e. The van der Waals surface area contributed by atoms with E-state index in [9.17, 15) is 4.79 Å². The van der Waals surface area contributed by atoms with Crippen LogP contribution in [0.15, 0.2) is 24.3 Å². The molecule has 0 saturated carbocycles. The van der Waals surface area contributed by atoms with E-state index in [0.29, 0.717) is 0 Å². The number of aryl methyl sites for hydroxylation is 4. The second-order valence-electron chi connectivity index (χ2n) is 5.79. The lowest BCUT2D eigenvalue weighted by Gasteiger charge is -2.08. The summed E-state index contributed by atoms with van der Waals surface area (Å²) in [5.74, 6) is 0.224. The third-order valence-corrected chi connectivity index (χ3v) is 5.66. The molecule has 0 radical (unpaired) electrons. The Kier molecular flexibility index (Phi) is 4.25. The van der Waals surface area contributed by atoms with Crippen LogP contribution in [-0.2, 0) is 25.7 Å². The Labute approximate surface area is 131 Å². The topological polar surface area (TPSA) is 17.1 Å². The number of ketones is 1. The summed E-state index contributed by atoms with van der Waals surface area (Å²) in [6, 6.07) is 8.52. The maximum absolute atomic E-state index is 12.9. The highest BCUT2D eigenvalue weighted by Crippen LogP contribution is 2.31. The van der Waals surface area contributed by atoms with E-state index in [1.54, 1.807) is 11.3 Å². The zero-order valence-corrected chi connectivity index (χ0v) is 13.7. The maximum atomic E-state index is 12.9. The van der Waals surface area contributed by atoms with Crippen LogP contribution in [0.1, 0.15) is 63.5 Å². The SMILES string of the molecule is CCc1ccc(CC)c(C(=O)c2cc3c(s2)CCCC3)c1. The van der Waals surface area contributed by atoms with Crippen molar-refractivity contribution in [2.75, 3.05) is 0 Å². The Balaban J connectivity index is 1.99. The molecule has 0 atom stereocenters. The fourth-order valence-electron chi connectivity index (χ4n) is 3.10. The van der Waals surface area contributed by atoms with Crippen molar-refractivity contribution in [3.63, 3.8) is 0 Å². The summed E-state index contributed by atoms with van der Waals surface area (Å²) in [6.45, 7) is 4.26. The molecule has 0 fully saturated rings. The number of hydrogen-bond acceptors (Lipinski definition) is 2. The van der Waals surface area contributed by atoms with E-state index in [2.05, 4.69) is 38.1 Å². The van der Waals surface area contributed by atoms with Gasteiger partial charge in [-0.15, -0.1) is 11.3 Å². The van der Waals surface area contributed by atoms with Gasteiger partial charge in [-0.3, -0.25) is 4.79 Å². The predicted octanol–water partition coefficient (Wildman–Crippen LogP) is 4.98. The summed E-state index contributed by atoms with van der Waals surface area (Å²) in [6.07, 6.45) is 6.73. The van der Waals surface area contributed by atoms with Gasteiger partial charge in [0, 0.05) is 10.4 Å². The smallest absolute Gasteiger partial charge is 0.203 e. The van der Waals surface area contributed by atoms with E-state index in [1.807, 2.05) is 0 Å². The largest absolute Gasteiger partial charge is 0.288 e. The lowest BCUT2D eigenvalue weighted by atomic mass is 9.95. The first-order valence-electron chi connectivity index (χ1n) is 8.01. The van der Waals surface area contributed by atoms with Crippen LogP contribution < -0.4 is 0 Å². The fourth-order valence-corrected chi connectivity index (χ4v) is 4.31. The van der Waals surface area contributed by atoms with Crippen molar-refractivity contribution in [2.45, 2.75) is 52.4 Å². The summed E-state index contributed by atoms with van der Waals surface area (Å²) in [4.78, 5) is 15.3. The molecule has 0 saturated heterocycles. The number of carbonyl (C=O) groups excluding carboxylic acids is 1. The first-order valence-corrected chi connectivity index (χ1v) is 8.82. The van der Waals surface area contributed by atoms with Gasteiger partial charge >= 0.3 is 0 Å². The minimum absolute atomic E-state index is 0.224. The van der Waals surface area contributed by atoms with Gasteiger partial charge in [0.05, 0.1) is 4.88 Å². The average molecular weight is 298 g/mol. The molecule has 1 aromatic carbocycles. The number of hydrogen-bond donors (Lipinski definition) is 0. The first-order chi connectivity index (χ1) is 10.2. The summed E-state index contributed by atoms with van der Waals surface area (Å²) < 4.78 is 0. The molecule has 1 nitrogen and oxygen atoms in total. The summed E-state index contributed by atoms with van der Waals surface area (Å²) >= 11 is 1.72. The molecule has 0 unspecified atom stereocenters. The normalized spacial score (nSPS) is 14.0. The van der Waals surface area contributed by atoms with E-state index in [-0.39, 0.29) is 5.78 Å². The van der Waals surface area contributed by atoms with Crippen molar-refractivity contribution in [3.8, 4) is 0 Å². The lowest BCUT2D eigenvalue weighted by molar-refractivity contribution is 0.104. The number of carbonyl (C=O) groups is 1. The van der Waals surface area contributed by atoms with Crippen LogP contribution >= 0.6 is 11.3 Å². The van der Waals surface area contributed by atoms with E-state index < -0.39 is 0 Å².